The number of Topliss-reactive ketones (excluding diaryl/α,β-unsaturated/α-hetero) is 2. The highest BCUT2D eigenvalue weighted by molar-refractivity contribution is 7.94. The summed E-state index contributed by atoms with van der Waals surface area (Å²) in [5, 5.41) is 1.85. The van der Waals surface area contributed by atoms with Gasteiger partial charge in [0.15, 0.2) is 4.91 Å². The lowest BCUT2D eigenvalue weighted by Crippen LogP contribution is -2.40. The van der Waals surface area contributed by atoms with E-state index < -0.39 is 26.5 Å². The average Bonchev–Trinajstić information content (AvgIpc) is 3.22. The minimum atomic E-state index is -4.19. The van der Waals surface area contributed by atoms with Crippen LogP contribution in [0, 0.1) is 0 Å². The molecule has 0 spiro atoms. The highest BCUT2D eigenvalue weighted by Gasteiger charge is 2.41. The fourth-order valence-corrected chi connectivity index (χ4v) is 5.46. The number of fused-ring (bicyclic) bond motifs is 1. The summed E-state index contributed by atoms with van der Waals surface area (Å²) in [4.78, 5) is 28.7. The van der Waals surface area contributed by atoms with Crippen LogP contribution in [-0.2, 0) is 16.6 Å². The SMILES string of the molecule is CCCN(CCC)C1=C(S(=O)(=O)NCc2cccs2)C(=O)c2ccccc2C1=O. The van der Waals surface area contributed by atoms with Gasteiger partial charge in [-0.2, -0.15) is 0 Å². The quantitative estimate of drug-likeness (QED) is 0.655. The molecule has 154 valence electrons. The number of rotatable bonds is 9. The van der Waals surface area contributed by atoms with Crippen molar-refractivity contribution in [1.29, 1.82) is 0 Å². The minimum absolute atomic E-state index is 0.0175. The van der Waals surface area contributed by atoms with Crippen molar-refractivity contribution in [3.8, 4) is 0 Å². The molecule has 0 aliphatic heterocycles. The van der Waals surface area contributed by atoms with Crippen molar-refractivity contribution in [2.75, 3.05) is 13.1 Å². The van der Waals surface area contributed by atoms with Gasteiger partial charge in [-0.15, -0.1) is 11.3 Å². The number of benzene rings is 1. The number of thiophene rings is 1. The number of carbonyl (C=O) groups is 2. The topological polar surface area (TPSA) is 83.6 Å². The van der Waals surface area contributed by atoms with Gasteiger partial charge in [-0.05, 0) is 24.3 Å². The second kappa shape index (κ2) is 9.02. The summed E-state index contributed by atoms with van der Waals surface area (Å²) in [5.74, 6) is -1.05. The molecule has 1 N–H and O–H groups in total. The Hall–Kier alpha value is -2.29. The predicted octanol–water partition coefficient (Wildman–Crippen LogP) is 3.58. The van der Waals surface area contributed by atoms with Crippen LogP contribution >= 0.6 is 11.3 Å². The van der Waals surface area contributed by atoms with E-state index in [1.54, 1.807) is 23.1 Å². The third kappa shape index (κ3) is 4.34. The number of ketones is 2. The van der Waals surface area contributed by atoms with Gasteiger partial charge in [0.25, 0.3) is 0 Å². The maximum absolute atomic E-state index is 13.3. The Bertz CT molecular complexity index is 1030. The Morgan fingerprint density at radius 3 is 2.10 bits per heavy atom. The van der Waals surface area contributed by atoms with E-state index in [4.69, 9.17) is 0 Å². The zero-order valence-corrected chi connectivity index (χ0v) is 18.1. The Labute approximate surface area is 175 Å². The Morgan fingerprint density at radius 1 is 0.931 bits per heavy atom. The van der Waals surface area contributed by atoms with Crippen LogP contribution in [0.4, 0.5) is 0 Å². The Kier molecular flexibility index (Phi) is 6.66. The molecule has 8 heteroatoms. The molecule has 0 saturated heterocycles. The molecule has 0 atom stereocenters. The zero-order chi connectivity index (χ0) is 21.0. The third-order valence-electron chi connectivity index (χ3n) is 4.64. The van der Waals surface area contributed by atoms with Gasteiger partial charge in [0.2, 0.25) is 21.6 Å². The molecule has 1 aromatic carbocycles. The van der Waals surface area contributed by atoms with Crippen molar-refractivity contribution >= 4 is 32.9 Å². The number of hydrogen-bond donors (Lipinski definition) is 1. The molecule has 6 nitrogen and oxygen atoms in total. The fourth-order valence-electron chi connectivity index (χ4n) is 3.40. The van der Waals surface area contributed by atoms with Gasteiger partial charge in [-0.1, -0.05) is 44.2 Å². The van der Waals surface area contributed by atoms with E-state index in [2.05, 4.69) is 4.72 Å². The monoisotopic (exact) mass is 432 g/mol. The van der Waals surface area contributed by atoms with Gasteiger partial charge in [0, 0.05) is 35.6 Å². The van der Waals surface area contributed by atoms with Crippen molar-refractivity contribution < 1.29 is 18.0 Å². The number of allylic oxidation sites excluding steroid dienone is 2. The molecule has 1 aliphatic rings. The molecule has 1 aliphatic carbocycles. The Morgan fingerprint density at radius 2 is 1.55 bits per heavy atom. The van der Waals surface area contributed by atoms with E-state index in [9.17, 15) is 18.0 Å². The first-order valence-corrected chi connectivity index (χ1v) is 12.0. The van der Waals surface area contributed by atoms with Crippen molar-refractivity contribution in [2.45, 2.75) is 33.2 Å². The van der Waals surface area contributed by atoms with E-state index in [1.807, 2.05) is 31.4 Å². The van der Waals surface area contributed by atoms with Crippen LogP contribution in [0.3, 0.4) is 0 Å². The first kappa shape index (κ1) is 21.4. The van der Waals surface area contributed by atoms with Crippen LogP contribution < -0.4 is 4.72 Å². The maximum atomic E-state index is 13.3. The second-order valence-electron chi connectivity index (χ2n) is 6.77. The lowest BCUT2D eigenvalue weighted by molar-refractivity contribution is 0.0946. The summed E-state index contributed by atoms with van der Waals surface area (Å²) in [5.41, 5.74) is 0.365. The van der Waals surface area contributed by atoms with E-state index in [0.717, 1.165) is 17.7 Å². The molecule has 1 aromatic heterocycles. The van der Waals surface area contributed by atoms with Gasteiger partial charge < -0.3 is 4.90 Å². The highest BCUT2D eigenvalue weighted by Crippen LogP contribution is 2.31. The molecule has 0 unspecified atom stereocenters. The largest absolute Gasteiger partial charge is 0.367 e. The van der Waals surface area contributed by atoms with E-state index in [0.29, 0.717) is 13.1 Å². The second-order valence-corrected chi connectivity index (χ2v) is 9.51. The number of nitrogens with zero attached hydrogens (tertiary/aromatic N) is 1. The van der Waals surface area contributed by atoms with Crippen LogP contribution in [0.5, 0.6) is 0 Å². The predicted molar refractivity (Wildman–Crippen MR) is 114 cm³/mol. The number of carbonyl (C=O) groups excluding carboxylic acids is 2. The van der Waals surface area contributed by atoms with Crippen LogP contribution in [0.15, 0.2) is 52.4 Å². The lowest BCUT2D eigenvalue weighted by Gasteiger charge is -2.30. The van der Waals surface area contributed by atoms with Crippen molar-refractivity contribution in [3.63, 3.8) is 0 Å². The van der Waals surface area contributed by atoms with Gasteiger partial charge in [-0.3, -0.25) is 9.59 Å². The average molecular weight is 433 g/mol. The number of sulfonamides is 1. The summed E-state index contributed by atoms with van der Waals surface area (Å²) in [6, 6.07) is 10.0. The van der Waals surface area contributed by atoms with Crippen LogP contribution in [0.1, 0.15) is 52.3 Å². The molecular weight excluding hydrogens is 408 g/mol. The molecule has 29 heavy (non-hydrogen) atoms. The first-order valence-electron chi connectivity index (χ1n) is 9.60. The van der Waals surface area contributed by atoms with Gasteiger partial charge in [0.05, 0.1) is 0 Å². The molecule has 0 bridgehead atoms. The molecule has 3 rings (SSSR count). The number of hydrogen-bond acceptors (Lipinski definition) is 6. The molecule has 0 radical (unpaired) electrons. The van der Waals surface area contributed by atoms with Crippen LogP contribution in [0.25, 0.3) is 0 Å². The minimum Gasteiger partial charge on any atom is -0.367 e. The Balaban J connectivity index is 2.13. The summed E-state index contributed by atoms with van der Waals surface area (Å²) >= 11 is 1.42. The van der Waals surface area contributed by atoms with Gasteiger partial charge in [0.1, 0.15) is 5.70 Å². The molecule has 2 aromatic rings. The summed E-state index contributed by atoms with van der Waals surface area (Å²) < 4.78 is 28.9. The molecule has 0 amide bonds. The van der Waals surface area contributed by atoms with E-state index in [-0.39, 0.29) is 23.4 Å². The highest BCUT2D eigenvalue weighted by atomic mass is 32.2. The normalized spacial score (nSPS) is 14.3. The summed E-state index contributed by atoms with van der Waals surface area (Å²) in [6.45, 7) is 4.97. The summed E-state index contributed by atoms with van der Waals surface area (Å²) in [6.07, 6.45) is 1.45. The van der Waals surface area contributed by atoms with E-state index >= 15 is 0 Å². The summed E-state index contributed by atoms with van der Waals surface area (Å²) in [7, 11) is -4.19. The number of nitrogens with one attached hydrogen (secondary N) is 1. The zero-order valence-electron chi connectivity index (χ0n) is 16.5. The lowest BCUT2D eigenvalue weighted by atomic mass is 9.91. The maximum Gasteiger partial charge on any atom is 0.247 e. The van der Waals surface area contributed by atoms with Crippen LogP contribution in [0.2, 0.25) is 0 Å². The first-order chi connectivity index (χ1) is 13.9. The molecule has 1 heterocycles. The van der Waals surface area contributed by atoms with Crippen molar-refractivity contribution in [3.05, 3.63) is 68.4 Å². The third-order valence-corrected chi connectivity index (χ3v) is 6.96. The van der Waals surface area contributed by atoms with E-state index in [1.165, 1.54) is 17.4 Å². The smallest absolute Gasteiger partial charge is 0.247 e. The molecule has 0 saturated carbocycles. The van der Waals surface area contributed by atoms with Crippen molar-refractivity contribution in [1.82, 2.24) is 9.62 Å². The molecule has 0 fully saturated rings. The van der Waals surface area contributed by atoms with Gasteiger partial charge >= 0.3 is 0 Å². The standard InChI is InChI=1S/C21H24N2O4S2/c1-3-11-23(12-4-2)18-19(24)16-9-5-6-10-17(16)20(25)21(18)29(26,27)22-14-15-8-7-13-28-15/h5-10,13,22H,3-4,11-12,14H2,1-2H3. The van der Waals surface area contributed by atoms with Gasteiger partial charge in [-0.25, -0.2) is 13.1 Å². The fraction of sp³-hybridized carbons (Fsp3) is 0.333. The molecular formula is C21H24N2O4S2. The van der Waals surface area contributed by atoms with Crippen LogP contribution in [-0.4, -0.2) is 38.0 Å². The van der Waals surface area contributed by atoms with Crippen molar-refractivity contribution in [2.24, 2.45) is 0 Å².